The third kappa shape index (κ3) is 11.2. The van der Waals surface area contributed by atoms with Crippen molar-refractivity contribution in [3.63, 3.8) is 0 Å². The molecule has 6 fully saturated rings. The fourth-order valence-corrected chi connectivity index (χ4v) is 19.4. The van der Waals surface area contributed by atoms with E-state index in [1.807, 2.05) is 48.5 Å². The number of carbonyl (C=O) groups is 2. The first kappa shape index (κ1) is 55.4. The summed E-state index contributed by atoms with van der Waals surface area (Å²) in [6.07, 6.45) is 31.7. The summed E-state index contributed by atoms with van der Waals surface area (Å²) in [5, 5.41) is 14.8. The standard InChI is InChI=1S/C68H100N4O4/c1-43(2)13-11-15-45(5)57-29-31-59-55-27-17-47-41-53(33-37-65(47,7)61(55)35-39-67(57,59)9)75-63(73)69-49-19-23-51(24-20-49)71-72-52-25-21-50(22-26-52)70-64(74)76-54-34-38-66(8)48(42-54)18-28-56-60-32-30-58(46(6)16-12-14-44(3)4)68(60,10)40-36-62(56)66/h17-26,43-46,53-62H,11-16,27-42H2,1-10H3,(H,69,73)(H,70,74)/t45-,46-,53+,54+,55+,56+,57-,58-,59+,60+,61+,62+,65+,66+,67-,68-/m1/s1. The summed E-state index contributed by atoms with van der Waals surface area (Å²) >= 11 is 0. The molecular formula is C68H100N4O4. The highest BCUT2D eigenvalue weighted by molar-refractivity contribution is 5.85. The first-order valence-corrected chi connectivity index (χ1v) is 31.3. The summed E-state index contributed by atoms with van der Waals surface area (Å²) in [6.45, 7) is 25.1. The molecule has 2 aromatic rings. The molecule has 0 bridgehead atoms. The van der Waals surface area contributed by atoms with Crippen molar-refractivity contribution in [3.05, 3.63) is 71.8 Å². The summed E-state index contributed by atoms with van der Waals surface area (Å²) in [7, 11) is 0. The van der Waals surface area contributed by atoms with Crippen LogP contribution in [0.4, 0.5) is 32.3 Å². The highest BCUT2D eigenvalue weighted by Gasteiger charge is 2.61. The van der Waals surface area contributed by atoms with E-state index in [2.05, 4.69) is 102 Å². The minimum Gasteiger partial charge on any atom is -0.446 e. The van der Waals surface area contributed by atoms with Gasteiger partial charge in [0, 0.05) is 24.2 Å². The fraction of sp³-hybridized carbons (Fsp3) is 0.735. The molecule has 416 valence electrons. The summed E-state index contributed by atoms with van der Waals surface area (Å²) in [6, 6.07) is 14.7. The minimum absolute atomic E-state index is 0.101. The number of azo groups is 1. The first-order valence-electron chi connectivity index (χ1n) is 31.3. The Bertz CT molecular complexity index is 2280. The molecule has 8 heteroatoms. The Kier molecular flexibility index (Phi) is 16.5. The van der Waals surface area contributed by atoms with Gasteiger partial charge in [0.05, 0.1) is 11.4 Å². The van der Waals surface area contributed by atoms with Crippen molar-refractivity contribution in [2.24, 2.45) is 103 Å². The van der Waals surface area contributed by atoms with Crippen LogP contribution in [0.25, 0.3) is 0 Å². The van der Waals surface area contributed by atoms with Gasteiger partial charge in [-0.05, 0) is 231 Å². The van der Waals surface area contributed by atoms with Gasteiger partial charge in [0.1, 0.15) is 12.2 Å². The quantitative estimate of drug-likeness (QED) is 0.129. The number of anilines is 2. The maximum Gasteiger partial charge on any atom is 0.411 e. The zero-order valence-corrected chi connectivity index (χ0v) is 48.9. The highest BCUT2D eigenvalue weighted by atomic mass is 16.6. The van der Waals surface area contributed by atoms with Crippen molar-refractivity contribution < 1.29 is 19.1 Å². The van der Waals surface area contributed by atoms with Gasteiger partial charge in [0.15, 0.2) is 0 Å². The number of allylic oxidation sites excluding steroid dienone is 2. The SMILES string of the molecule is CC(C)CCC[C@@H](C)[C@H]1CC[C@H]2[C@@H]3CC=C4C[C@@H](OC(=O)Nc5ccc(N=Nc6ccc(NC(=O)O[C@H]7CC[C@@]8(C)C(=CC[C@H]9[C@@H]%10CC[C@H]([C@H](C)CCCC(C)C)[C@@]%10(C)CC[C@@H]98)C7)cc6)cc5)CC[C@]4(C)[C@H]3CC[C@]12C. The van der Waals surface area contributed by atoms with E-state index in [4.69, 9.17) is 9.47 Å². The molecule has 8 nitrogen and oxygen atoms in total. The number of nitrogens with zero attached hydrogens (tertiary/aromatic N) is 2. The Morgan fingerprint density at radius 3 is 1.29 bits per heavy atom. The third-order valence-electron chi connectivity index (χ3n) is 23.6. The molecule has 8 aliphatic rings. The lowest BCUT2D eigenvalue weighted by molar-refractivity contribution is -0.0577. The molecule has 8 aliphatic carbocycles. The molecular weight excluding hydrogens is 937 g/mol. The van der Waals surface area contributed by atoms with Crippen LogP contribution in [0.1, 0.15) is 210 Å². The van der Waals surface area contributed by atoms with Gasteiger partial charge in [-0.25, -0.2) is 9.59 Å². The zero-order valence-electron chi connectivity index (χ0n) is 48.9. The Balaban J connectivity index is 0.653. The summed E-state index contributed by atoms with van der Waals surface area (Å²) in [4.78, 5) is 26.5. The van der Waals surface area contributed by atoms with Gasteiger partial charge in [-0.3, -0.25) is 10.6 Å². The monoisotopic (exact) mass is 1040 g/mol. The maximum atomic E-state index is 13.2. The van der Waals surface area contributed by atoms with Crippen LogP contribution in [0.5, 0.6) is 0 Å². The van der Waals surface area contributed by atoms with Crippen LogP contribution in [-0.2, 0) is 9.47 Å². The van der Waals surface area contributed by atoms with Gasteiger partial charge in [-0.15, -0.1) is 0 Å². The van der Waals surface area contributed by atoms with Gasteiger partial charge in [0.25, 0.3) is 0 Å². The highest BCUT2D eigenvalue weighted by Crippen LogP contribution is 2.69. The molecule has 0 saturated heterocycles. The second kappa shape index (κ2) is 22.7. The van der Waals surface area contributed by atoms with Crippen LogP contribution < -0.4 is 10.6 Å². The van der Waals surface area contributed by atoms with E-state index in [0.717, 1.165) is 110 Å². The second-order valence-corrected chi connectivity index (χ2v) is 28.7. The van der Waals surface area contributed by atoms with E-state index in [1.54, 1.807) is 11.1 Å². The molecule has 0 heterocycles. The number of ether oxygens (including phenoxy) is 2. The lowest BCUT2D eigenvalue weighted by Crippen LogP contribution is -2.51. The average Bonchev–Trinajstić information content (AvgIpc) is 4.01. The smallest absolute Gasteiger partial charge is 0.411 e. The van der Waals surface area contributed by atoms with Crippen LogP contribution in [0.2, 0.25) is 0 Å². The fourth-order valence-electron chi connectivity index (χ4n) is 19.4. The van der Waals surface area contributed by atoms with Crippen LogP contribution >= 0.6 is 0 Å². The Labute approximate surface area is 460 Å². The van der Waals surface area contributed by atoms with E-state index < -0.39 is 12.2 Å². The van der Waals surface area contributed by atoms with E-state index in [0.29, 0.717) is 33.6 Å². The molecule has 76 heavy (non-hydrogen) atoms. The molecule has 0 unspecified atom stereocenters. The molecule has 0 aliphatic heterocycles. The van der Waals surface area contributed by atoms with Crippen LogP contribution in [-0.4, -0.2) is 24.4 Å². The van der Waals surface area contributed by atoms with Crippen LogP contribution in [0, 0.1) is 92.7 Å². The number of hydrogen-bond donors (Lipinski definition) is 2. The van der Waals surface area contributed by atoms with Crippen molar-refractivity contribution in [1.82, 2.24) is 0 Å². The largest absolute Gasteiger partial charge is 0.446 e. The molecule has 0 spiro atoms. The van der Waals surface area contributed by atoms with E-state index >= 15 is 0 Å². The van der Waals surface area contributed by atoms with Crippen LogP contribution in [0.3, 0.4) is 0 Å². The Hall–Kier alpha value is -3.94. The molecule has 2 N–H and O–H groups in total. The zero-order chi connectivity index (χ0) is 53.6. The minimum atomic E-state index is -0.398. The van der Waals surface area contributed by atoms with E-state index in [9.17, 15) is 9.59 Å². The number of amides is 2. The molecule has 10 rings (SSSR count). The number of hydrogen-bond acceptors (Lipinski definition) is 6. The molecule has 2 amide bonds. The van der Waals surface area contributed by atoms with Gasteiger partial charge in [-0.1, -0.05) is 131 Å². The molecule has 2 aromatic carbocycles. The summed E-state index contributed by atoms with van der Waals surface area (Å²) < 4.78 is 12.2. The average molecular weight is 1040 g/mol. The van der Waals surface area contributed by atoms with Crippen LogP contribution in [0.15, 0.2) is 82.1 Å². The molecule has 0 radical (unpaired) electrons. The Morgan fingerprint density at radius 2 is 0.908 bits per heavy atom. The van der Waals surface area contributed by atoms with Crippen molar-refractivity contribution in [2.45, 2.75) is 223 Å². The summed E-state index contributed by atoms with van der Waals surface area (Å²) in [5.41, 5.74) is 7.18. The topological polar surface area (TPSA) is 101 Å². The Morgan fingerprint density at radius 1 is 0.513 bits per heavy atom. The third-order valence-corrected chi connectivity index (χ3v) is 23.6. The van der Waals surface area contributed by atoms with Crippen molar-refractivity contribution in [3.8, 4) is 0 Å². The van der Waals surface area contributed by atoms with Crippen molar-refractivity contribution in [2.75, 3.05) is 10.6 Å². The lowest BCUT2D eigenvalue weighted by Gasteiger charge is -2.58. The van der Waals surface area contributed by atoms with Crippen molar-refractivity contribution >= 4 is 34.9 Å². The van der Waals surface area contributed by atoms with E-state index in [-0.39, 0.29) is 23.0 Å². The van der Waals surface area contributed by atoms with E-state index in [1.165, 1.54) is 103 Å². The number of fused-ring (bicyclic) bond motifs is 10. The number of carbonyl (C=O) groups excluding carboxylic acids is 2. The first-order chi connectivity index (χ1) is 36.4. The van der Waals surface area contributed by atoms with Gasteiger partial charge in [0.2, 0.25) is 0 Å². The number of rotatable bonds is 16. The number of nitrogens with one attached hydrogen (secondary N) is 2. The predicted octanol–water partition coefficient (Wildman–Crippen LogP) is 20.0. The predicted molar refractivity (Wildman–Crippen MR) is 311 cm³/mol. The lowest BCUT2D eigenvalue weighted by atomic mass is 9.47. The van der Waals surface area contributed by atoms with Gasteiger partial charge < -0.3 is 9.47 Å². The second-order valence-electron chi connectivity index (χ2n) is 28.7. The van der Waals surface area contributed by atoms with Gasteiger partial charge >= 0.3 is 12.2 Å². The molecule has 0 aromatic heterocycles. The van der Waals surface area contributed by atoms with Gasteiger partial charge in [-0.2, -0.15) is 10.2 Å². The molecule has 16 atom stereocenters. The molecule has 6 saturated carbocycles. The maximum absolute atomic E-state index is 13.2. The van der Waals surface area contributed by atoms with Crippen molar-refractivity contribution in [1.29, 1.82) is 0 Å². The number of benzene rings is 2. The summed E-state index contributed by atoms with van der Waals surface area (Å²) in [5.74, 6) is 9.80. The normalized spacial score (nSPS) is 37.4.